The van der Waals surface area contributed by atoms with E-state index in [-0.39, 0.29) is 10.6 Å². The van der Waals surface area contributed by atoms with Gasteiger partial charge in [-0.3, -0.25) is 10.1 Å². The summed E-state index contributed by atoms with van der Waals surface area (Å²) in [5.74, 6) is 0. The van der Waals surface area contributed by atoms with E-state index in [4.69, 9.17) is 0 Å². The molecule has 1 fully saturated rings. The lowest BCUT2D eigenvalue weighted by molar-refractivity contribution is -0.383. The molecule has 7 heteroatoms. The maximum absolute atomic E-state index is 11.0. The summed E-state index contributed by atoms with van der Waals surface area (Å²) in [7, 11) is 0. The number of anilines is 1. The number of nitrogens with one attached hydrogen (secondary N) is 1. The van der Waals surface area contributed by atoms with Crippen LogP contribution < -0.4 is 10.2 Å². The van der Waals surface area contributed by atoms with Gasteiger partial charge in [0.1, 0.15) is 0 Å². The lowest BCUT2D eigenvalue weighted by Gasteiger charge is -2.27. The molecule has 0 saturated carbocycles. The smallest absolute Gasteiger partial charge is 0.304 e. The van der Waals surface area contributed by atoms with Gasteiger partial charge in [0, 0.05) is 37.1 Å². The SMILES string of the molecule is CC(O)c1cc([N+](=O)[O-])c(N2CCNCC2)s1. The highest BCUT2D eigenvalue weighted by Gasteiger charge is 2.26. The molecule has 94 valence electrons. The van der Waals surface area contributed by atoms with Crippen LogP contribution in [-0.2, 0) is 0 Å². The number of nitrogens with zero attached hydrogens (tertiary/aromatic N) is 2. The molecule has 1 atom stereocenters. The molecule has 1 aromatic heterocycles. The van der Waals surface area contributed by atoms with Crippen LogP contribution >= 0.6 is 11.3 Å². The molecule has 2 rings (SSSR count). The Bertz CT molecular complexity index is 413. The van der Waals surface area contributed by atoms with Gasteiger partial charge in [-0.05, 0) is 6.92 Å². The second-order valence-corrected chi connectivity index (χ2v) is 5.07. The first-order valence-electron chi connectivity index (χ1n) is 5.51. The van der Waals surface area contributed by atoms with Crippen LogP contribution in [0.3, 0.4) is 0 Å². The number of nitro groups is 1. The van der Waals surface area contributed by atoms with Crippen LogP contribution in [0.4, 0.5) is 10.7 Å². The summed E-state index contributed by atoms with van der Waals surface area (Å²) in [6.45, 7) is 4.82. The Morgan fingerprint density at radius 3 is 2.76 bits per heavy atom. The lowest BCUT2D eigenvalue weighted by atomic mass is 10.3. The van der Waals surface area contributed by atoms with E-state index in [9.17, 15) is 15.2 Å². The van der Waals surface area contributed by atoms with Crippen LogP contribution in [-0.4, -0.2) is 36.2 Å². The van der Waals surface area contributed by atoms with E-state index < -0.39 is 6.10 Å². The van der Waals surface area contributed by atoms with Gasteiger partial charge in [0.05, 0.1) is 11.0 Å². The van der Waals surface area contributed by atoms with Gasteiger partial charge in [0.15, 0.2) is 5.00 Å². The minimum Gasteiger partial charge on any atom is -0.388 e. The monoisotopic (exact) mass is 257 g/mol. The van der Waals surface area contributed by atoms with Crippen LogP contribution in [0.5, 0.6) is 0 Å². The molecule has 0 aliphatic carbocycles. The van der Waals surface area contributed by atoms with Crippen molar-refractivity contribution < 1.29 is 10.0 Å². The minimum absolute atomic E-state index is 0.104. The third kappa shape index (κ3) is 2.56. The van der Waals surface area contributed by atoms with Gasteiger partial charge in [0.2, 0.25) is 0 Å². The standard InChI is InChI=1S/C10H15N3O3S/c1-7(14)9-6-8(13(15)16)10(17-9)12-4-2-11-3-5-12/h6-7,11,14H,2-5H2,1H3. The molecule has 1 aliphatic rings. The zero-order chi connectivity index (χ0) is 12.4. The Morgan fingerprint density at radius 2 is 2.24 bits per heavy atom. The second kappa shape index (κ2) is 4.99. The number of aliphatic hydroxyl groups excluding tert-OH is 1. The fourth-order valence-corrected chi connectivity index (χ4v) is 2.94. The lowest BCUT2D eigenvalue weighted by Crippen LogP contribution is -2.43. The van der Waals surface area contributed by atoms with E-state index in [1.807, 2.05) is 4.90 Å². The van der Waals surface area contributed by atoms with Gasteiger partial charge in [-0.15, -0.1) is 11.3 Å². The van der Waals surface area contributed by atoms with Crippen LogP contribution in [0.2, 0.25) is 0 Å². The first kappa shape index (κ1) is 12.3. The van der Waals surface area contributed by atoms with Gasteiger partial charge in [-0.25, -0.2) is 0 Å². The van der Waals surface area contributed by atoms with Gasteiger partial charge >= 0.3 is 5.69 Å². The molecule has 0 bridgehead atoms. The van der Waals surface area contributed by atoms with E-state index in [0.29, 0.717) is 9.88 Å². The van der Waals surface area contributed by atoms with Crippen LogP contribution in [0.15, 0.2) is 6.07 Å². The van der Waals surface area contributed by atoms with Gasteiger partial charge in [-0.2, -0.15) is 0 Å². The van der Waals surface area contributed by atoms with Crippen molar-refractivity contribution in [2.24, 2.45) is 0 Å². The van der Waals surface area contributed by atoms with Crippen LogP contribution in [0, 0.1) is 10.1 Å². The number of aliphatic hydroxyl groups is 1. The molecule has 17 heavy (non-hydrogen) atoms. The maximum atomic E-state index is 11.0. The Morgan fingerprint density at radius 1 is 1.59 bits per heavy atom. The molecule has 1 aliphatic heterocycles. The molecular weight excluding hydrogens is 242 g/mol. The highest BCUT2D eigenvalue weighted by atomic mass is 32.1. The van der Waals surface area contributed by atoms with Crippen molar-refractivity contribution in [3.8, 4) is 0 Å². The number of piperazine rings is 1. The van der Waals surface area contributed by atoms with Crippen molar-refractivity contribution in [2.75, 3.05) is 31.1 Å². The number of rotatable bonds is 3. The minimum atomic E-state index is -0.657. The normalized spacial score (nSPS) is 18.1. The summed E-state index contributed by atoms with van der Waals surface area (Å²) in [5, 5.41) is 24.4. The van der Waals surface area contributed by atoms with Crippen molar-refractivity contribution in [3.63, 3.8) is 0 Å². The van der Waals surface area contributed by atoms with E-state index >= 15 is 0 Å². The number of hydrogen-bond acceptors (Lipinski definition) is 6. The highest BCUT2D eigenvalue weighted by Crippen LogP contribution is 2.40. The van der Waals surface area contributed by atoms with Crippen molar-refractivity contribution in [3.05, 3.63) is 21.1 Å². The van der Waals surface area contributed by atoms with Crippen molar-refractivity contribution in [1.82, 2.24) is 5.32 Å². The summed E-state index contributed by atoms with van der Waals surface area (Å²) in [4.78, 5) is 13.3. The predicted octanol–water partition coefficient (Wildman–Crippen LogP) is 1.12. The molecule has 1 unspecified atom stereocenters. The summed E-state index contributed by atoms with van der Waals surface area (Å²) in [5.41, 5.74) is 0.104. The average molecular weight is 257 g/mol. The largest absolute Gasteiger partial charge is 0.388 e. The zero-order valence-electron chi connectivity index (χ0n) is 9.55. The van der Waals surface area contributed by atoms with Crippen LogP contribution in [0.1, 0.15) is 17.9 Å². The highest BCUT2D eigenvalue weighted by molar-refractivity contribution is 7.16. The summed E-state index contributed by atoms with van der Waals surface area (Å²) in [6, 6.07) is 1.48. The predicted molar refractivity (Wildman–Crippen MR) is 66.7 cm³/mol. The van der Waals surface area contributed by atoms with Gasteiger partial charge < -0.3 is 15.3 Å². The third-order valence-electron chi connectivity index (χ3n) is 2.73. The topological polar surface area (TPSA) is 78.6 Å². The third-order valence-corrected chi connectivity index (χ3v) is 4.08. The average Bonchev–Trinajstić information content (AvgIpc) is 2.75. The van der Waals surface area contributed by atoms with Crippen molar-refractivity contribution >= 4 is 22.0 Å². The zero-order valence-corrected chi connectivity index (χ0v) is 10.4. The fraction of sp³-hybridized carbons (Fsp3) is 0.600. The van der Waals surface area contributed by atoms with E-state index in [1.54, 1.807) is 6.92 Å². The van der Waals surface area contributed by atoms with Crippen LogP contribution in [0.25, 0.3) is 0 Å². The van der Waals surface area contributed by atoms with E-state index in [1.165, 1.54) is 17.4 Å². The quantitative estimate of drug-likeness (QED) is 0.626. The van der Waals surface area contributed by atoms with Crippen molar-refractivity contribution in [2.45, 2.75) is 13.0 Å². The number of thiophene rings is 1. The molecule has 1 saturated heterocycles. The summed E-state index contributed by atoms with van der Waals surface area (Å²) in [6.07, 6.45) is -0.657. The maximum Gasteiger partial charge on any atom is 0.304 e. The molecule has 0 amide bonds. The molecule has 2 heterocycles. The molecule has 2 N–H and O–H groups in total. The first-order chi connectivity index (χ1) is 8.09. The summed E-state index contributed by atoms with van der Waals surface area (Å²) >= 11 is 1.31. The second-order valence-electron chi connectivity index (χ2n) is 4.01. The molecule has 6 nitrogen and oxygen atoms in total. The number of hydrogen-bond donors (Lipinski definition) is 2. The van der Waals surface area contributed by atoms with Crippen molar-refractivity contribution in [1.29, 1.82) is 0 Å². The Hall–Kier alpha value is -1.18. The molecule has 0 radical (unpaired) electrons. The Kier molecular flexibility index (Phi) is 3.60. The molecular formula is C10H15N3O3S. The van der Waals surface area contributed by atoms with Gasteiger partial charge in [0.25, 0.3) is 0 Å². The molecule has 1 aromatic rings. The Balaban J connectivity index is 2.32. The summed E-state index contributed by atoms with van der Waals surface area (Å²) < 4.78 is 0. The fourth-order valence-electron chi connectivity index (χ4n) is 1.82. The van der Waals surface area contributed by atoms with E-state index in [2.05, 4.69) is 5.32 Å². The molecule has 0 spiro atoms. The Labute approximate surface area is 103 Å². The van der Waals surface area contributed by atoms with Gasteiger partial charge in [-0.1, -0.05) is 0 Å². The first-order valence-corrected chi connectivity index (χ1v) is 6.33. The van der Waals surface area contributed by atoms with E-state index in [0.717, 1.165) is 26.2 Å². The molecule has 0 aromatic carbocycles.